The van der Waals surface area contributed by atoms with Crippen LogP contribution < -0.4 is 4.74 Å². The maximum Gasteiger partial charge on any atom is 0.254 e. The minimum Gasteiger partial charge on any atom is -0.487 e. The number of benzene rings is 1. The summed E-state index contributed by atoms with van der Waals surface area (Å²) in [5.74, 6) is 0.745. The van der Waals surface area contributed by atoms with Gasteiger partial charge in [0.25, 0.3) is 5.91 Å². The first-order valence-electron chi connectivity index (χ1n) is 10.9. The van der Waals surface area contributed by atoms with Gasteiger partial charge >= 0.3 is 0 Å². The molecule has 1 aliphatic rings. The van der Waals surface area contributed by atoms with Gasteiger partial charge in [-0.05, 0) is 48.2 Å². The number of thiophene rings is 1. The lowest BCUT2D eigenvalue weighted by Crippen LogP contribution is -2.48. The summed E-state index contributed by atoms with van der Waals surface area (Å²) in [7, 11) is 0. The number of piperazine rings is 1. The molecule has 3 aromatic heterocycles. The normalized spacial score (nSPS) is 14.7. The summed E-state index contributed by atoms with van der Waals surface area (Å²) in [6.07, 6.45) is 4.03. The van der Waals surface area contributed by atoms with Gasteiger partial charge in [0.1, 0.15) is 18.0 Å². The van der Waals surface area contributed by atoms with Crippen LogP contribution in [0.4, 0.5) is 0 Å². The molecule has 0 aliphatic carbocycles. The van der Waals surface area contributed by atoms with Gasteiger partial charge in [-0.25, -0.2) is 4.98 Å². The van der Waals surface area contributed by atoms with E-state index in [0.717, 1.165) is 44.1 Å². The zero-order valence-electron chi connectivity index (χ0n) is 18.1. The Balaban J connectivity index is 1.18. The quantitative estimate of drug-likeness (QED) is 0.445. The van der Waals surface area contributed by atoms with E-state index in [1.165, 1.54) is 10.4 Å². The third kappa shape index (κ3) is 4.69. The summed E-state index contributed by atoms with van der Waals surface area (Å²) in [6.45, 7) is 6.67. The van der Waals surface area contributed by atoms with Crippen LogP contribution in [-0.4, -0.2) is 51.3 Å². The number of hydrogen-bond donors (Lipinski definition) is 0. The fourth-order valence-electron chi connectivity index (χ4n) is 4.02. The first-order valence-corrected chi connectivity index (χ1v) is 11.7. The molecule has 32 heavy (non-hydrogen) atoms. The molecule has 1 amide bonds. The van der Waals surface area contributed by atoms with Gasteiger partial charge in [0.15, 0.2) is 0 Å². The fraction of sp³-hybridized carbons (Fsp3) is 0.280. The molecular weight excluding hydrogens is 420 g/mol. The first kappa shape index (κ1) is 20.7. The molecule has 4 aromatic rings. The monoisotopic (exact) mass is 446 g/mol. The van der Waals surface area contributed by atoms with Crippen LogP contribution in [0.2, 0.25) is 0 Å². The summed E-state index contributed by atoms with van der Waals surface area (Å²) in [5.41, 5.74) is 3.60. The SMILES string of the molecule is Cc1ccc2nc(COc3cccc(C(=O)N4CCN(Cc5cccs5)CC4)c3)cn2c1. The zero-order chi connectivity index (χ0) is 21.9. The van der Waals surface area contributed by atoms with Crippen LogP contribution in [0.5, 0.6) is 5.75 Å². The van der Waals surface area contributed by atoms with Gasteiger partial charge in [-0.1, -0.05) is 18.2 Å². The number of aromatic nitrogens is 2. The number of hydrogen-bond acceptors (Lipinski definition) is 5. The molecule has 7 heteroatoms. The number of carbonyl (C=O) groups is 1. The fourth-order valence-corrected chi connectivity index (χ4v) is 4.76. The van der Waals surface area contributed by atoms with E-state index in [4.69, 9.17) is 4.74 Å². The third-order valence-corrected chi connectivity index (χ3v) is 6.60. The van der Waals surface area contributed by atoms with E-state index < -0.39 is 0 Å². The average molecular weight is 447 g/mol. The van der Waals surface area contributed by atoms with Crippen LogP contribution in [0.1, 0.15) is 26.5 Å². The van der Waals surface area contributed by atoms with E-state index in [2.05, 4.69) is 34.3 Å². The molecule has 0 unspecified atom stereocenters. The van der Waals surface area contributed by atoms with Gasteiger partial charge in [-0.3, -0.25) is 9.69 Å². The maximum absolute atomic E-state index is 13.0. The molecule has 164 valence electrons. The lowest BCUT2D eigenvalue weighted by molar-refractivity contribution is 0.0629. The number of fused-ring (bicyclic) bond motifs is 1. The van der Waals surface area contributed by atoms with E-state index >= 15 is 0 Å². The Morgan fingerprint density at radius 1 is 1.06 bits per heavy atom. The number of pyridine rings is 1. The topological polar surface area (TPSA) is 50.1 Å². The predicted molar refractivity (Wildman–Crippen MR) is 126 cm³/mol. The number of amides is 1. The molecule has 1 saturated heterocycles. The Labute approximate surface area is 191 Å². The minimum absolute atomic E-state index is 0.0643. The van der Waals surface area contributed by atoms with Gasteiger partial charge in [0.2, 0.25) is 0 Å². The van der Waals surface area contributed by atoms with Crippen molar-refractivity contribution >= 4 is 22.9 Å². The summed E-state index contributed by atoms with van der Waals surface area (Å²) in [6, 6.07) is 15.8. The highest BCUT2D eigenvalue weighted by molar-refractivity contribution is 7.09. The highest BCUT2D eigenvalue weighted by atomic mass is 32.1. The molecular formula is C25H26N4O2S. The van der Waals surface area contributed by atoms with Crippen LogP contribution in [-0.2, 0) is 13.2 Å². The molecule has 1 aromatic carbocycles. The Morgan fingerprint density at radius 2 is 1.94 bits per heavy atom. The number of nitrogens with zero attached hydrogens (tertiary/aromatic N) is 4. The van der Waals surface area contributed by atoms with E-state index in [1.54, 1.807) is 11.3 Å². The Bertz CT molecular complexity index is 1210. The molecule has 0 saturated carbocycles. The van der Waals surface area contributed by atoms with Gasteiger partial charge < -0.3 is 14.0 Å². The van der Waals surface area contributed by atoms with Crippen LogP contribution in [0, 0.1) is 6.92 Å². The van der Waals surface area contributed by atoms with Crippen LogP contribution in [0.3, 0.4) is 0 Å². The highest BCUT2D eigenvalue weighted by Gasteiger charge is 2.22. The van der Waals surface area contributed by atoms with E-state index in [1.807, 2.05) is 58.1 Å². The second kappa shape index (κ2) is 9.14. The van der Waals surface area contributed by atoms with Crippen molar-refractivity contribution in [1.29, 1.82) is 0 Å². The Kier molecular flexibility index (Phi) is 5.92. The maximum atomic E-state index is 13.0. The van der Waals surface area contributed by atoms with Gasteiger partial charge in [0.05, 0.1) is 5.69 Å². The third-order valence-electron chi connectivity index (χ3n) is 5.74. The molecule has 1 aliphatic heterocycles. The van der Waals surface area contributed by atoms with E-state index in [9.17, 15) is 4.79 Å². The van der Waals surface area contributed by atoms with Gasteiger partial charge in [-0.2, -0.15) is 0 Å². The second-order valence-corrected chi connectivity index (χ2v) is 9.20. The molecule has 0 radical (unpaired) electrons. The summed E-state index contributed by atoms with van der Waals surface area (Å²) in [5, 5.41) is 2.11. The Morgan fingerprint density at radius 3 is 2.75 bits per heavy atom. The summed E-state index contributed by atoms with van der Waals surface area (Å²) >= 11 is 1.78. The summed E-state index contributed by atoms with van der Waals surface area (Å²) < 4.78 is 7.96. The van der Waals surface area contributed by atoms with Crippen LogP contribution in [0.15, 0.2) is 66.3 Å². The average Bonchev–Trinajstić information content (AvgIpc) is 3.47. The first-order chi connectivity index (χ1) is 15.6. The van der Waals surface area contributed by atoms with E-state index in [0.29, 0.717) is 17.9 Å². The largest absolute Gasteiger partial charge is 0.487 e. The zero-order valence-corrected chi connectivity index (χ0v) is 18.9. The smallest absolute Gasteiger partial charge is 0.254 e. The van der Waals surface area contributed by atoms with Crippen LogP contribution in [0.25, 0.3) is 5.65 Å². The van der Waals surface area contributed by atoms with Crippen molar-refractivity contribution in [2.75, 3.05) is 26.2 Å². The molecule has 0 bridgehead atoms. The number of aryl methyl sites for hydroxylation is 1. The summed E-state index contributed by atoms with van der Waals surface area (Å²) in [4.78, 5) is 23.3. The molecule has 0 spiro atoms. The number of rotatable bonds is 6. The number of ether oxygens (including phenoxy) is 1. The second-order valence-electron chi connectivity index (χ2n) is 8.17. The van der Waals surface area contributed by atoms with E-state index in [-0.39, 0.29) is 5.91 Å². The molecule has 0 N–H and O–H groups in total. The van der Waals surface area contributed by atoms with Gasteiger partial charge in [0, 0.05) is 55.6 Å². The lowest BCUT2D eigenvalue weighted by atomic mass is 10.1. The highest BCUT2D eigenvalue weighted by Crippen LogP contribution is 2.19. The number of imidazole rings is 1. The van der Waals surface area contributed by atoms with Crippen molar-refractivity contribution in [2.24, 2.45) is 0 Å². The molecule has 0 atom stereocenters. The van der Waals surface area contributed by atoms with Crippen molar-refractivity contribution in [2.45, 2.75) is 20.1 Å². The predicted octanol–water partition coefficient (Wildman–Crippen LogP) is 4.24. The molecule has 1 fully saturated rings. The standard InChI is InChI=1S/C25H26N4O2S/c1-19-7-8-24-26-21(16-29(24)15-19)18-31-22-5-2-4-20(14-22)25(30)28-11-9-27(10-12-28)17-23-6-3-13-32-23/h2-8,13-16H,9-12,17-18H2,1H3. The van der Waals surface area contributed by atoms with Crippen molar-refractivity contribution in [1.82, 2.24) is 19.2 Å². The molecule has 5 rings (SSSR count). The lowest BCUT2D eigenvalue weighted by Gasteiger charge is -2.34. The van der Waals surface area contributed by atoms with Gasteiger partial charge in [-0.15, -0.1) is 11.3 Å². The van der Waals surface area contributed by atoms with Crippen molar-refractivity contribution < 1.29 is 9.53 Å². The van der Waals surface area contributed by atoms with Crippen molar-refractivity contribution in [3.8, 4) is 5.75 Å². The molecule has 4 heterocycles. The molecule has 6 nitrogen and oxygen atoms in total. The van der Waals surface area contributed by atoms with Crippen molar-refractivity contribution in [3.63, 3.8) is 0 Å². The Hall–Kier alpha value is -3.16. The van der Waals surface area contributed by atoms with Crippen LogP contribution >= 0.6 is 11.3 Å². The van der Waals surface area contributed by atoms with Crippen molar-refractivity contribution in [3.05, 3.63) is 88.0 Å². The minimum atomic E-state index is 0.0643. The number of carbonyl (C=O) groups excluding carboxylic acids is 1.